The van der Waals surface area contributed by atoms with Crippen LogP contribution in [0.5, 0.6) is 5.75 Å². The van der Waals surface area contributed by atoms with Crippen molar-refractivity contribution >= 4 is 21.6 Å². The minimum atomic E-state index is 0.271. The molecule has 0 unspecified atom stereocenters. The first-order chi connectivity index (χ1) is 7.75. The molecular weight excluding hydrogens is 270 g/mol. The molecule has 0 atom stereocenters. The van der Waals surface area contributed by atoms with Gasteiger partial charge in [-0.3, -0.25) is 0 Å². The monoisotopic (exact) mass is 279 g/mol. The summed E-state index contributed by atoms with van der Waals surface area (Å²) in [4.78, 5) is 7.78. The van der Waals surface area contributed by atoms with Crippen LogP contribution in [0.3, 0.4) is 0 Å². The van der Waals surface area contributed by atoms with Gasteiger partial charge in [-0.05, 0) is 18.2 Å². The smallest absolute Gasteiger partial charge is 0.120 e. The van der Waals surface area contributed by atoms with Crippen molar-refractivity contribution in [2.24, 2.45) is 0 Å². The van der Waals surface area contributed by atoms with Gasteiger partial charge in [0.25, 0.3) is 0 Å². The number of hydrogen-bond donors (Lipinski definition) is 2. The molecule has 0 bridgehead atoms. The number of benzene rings is 1. The standard InChI is InChI=1S/C11H10BrN3O/c12-9-1-2-11(16)8(3-9)4-15-10-5-13-7-14-6-10/h1-3,5-7,15-16H,4H2. The van der Waals surface area contributed by atoms with Crippen LogP contribution in [-0.4, -0.2) is 15.1 Å². The molecule has 1 aromatic heterocycles. The highest BCUT2D eigenvalue weighted by atomic mass is 79.9. The van der Waals surface area contributed by atoms with Gasteiger partial charge in [-0.15, -0.1) is 0 Å². The lowest BCUT2D eigenvalue weighted by atomic mass is 10.2. The van der Waals surface area contributed by atoms with Gasteiger partial charge in [-0.25, -0.2) is 9.97 Å². The van der Waals surface area contributed by atoms with Crippen molar-refractivity contribution in [3.63, 3.8) is 0 Å². The second-order valence-electron chi connectivity index (χ2n) is 3.25. The van der Waals surface area contributed by atoms with Crippen molar-refractivity contribution in [1.82, 2.24) is 9.97 Å². The van der Waals surface area contributed by atoms with E-state index in [1.807, 2.05) is 6.07 Å². The number of nitrogens with one attached hydrogen (secondary N) is 1. The Morgan fingerprint density at radius 1 is 1.25 bits per heavy atom. The third-order valence-electron chi connectivity index (χ3n) is 2.09. The Kier molecular flexibility index (Phi) is 3.36. The molecule has 2 N–H and O–H groups in total. The third kappa shape index (κ3) is 2.70. The van der Waals surface area contributed by atoms with Gasteiger partial charge in [-0.1, -0.05) is 15.9 Å². The average Bonchev–Trinajstić information content (AvgIpc) is 2.32. The number of aromatic hydroxyl groups is 1. The fraction of sp³-hybridized carbons (Fsp3) is 0.0909. The highest BCUT2D eigenvalue weighted by Crippen LogP contribution is 2.22. The van der Waals surface area contributed by atoms with Gasteiger partial charge in [0, 0.05) is 16.6 Å². The summed E-state index contributed by atoms with van der Waals surface area (Å²) >= 11 is 3.36. The lowest BCUT2D eigenvalue weighted by Gasteiger charge is -2.07. The van der Waals surface area contributed by atoms with E-state index in [9.17, 15) is 5.11 Å². The molecule has 0 spiro atoms. The fourth-order valence-corrected chi connectivity index (χ4v) is 1.69. The number of nitrogens with zero attached hydrogens (tertiary/aromatic N) is 2. The highest BCUT2D eigenvalue weighted by Gasteiger charge is 2.01. The maximum atomic E-state index is 9.62. The van der Waals surface area contributed by atoms with E-state index in [2.05, 4.69) is 31.2 Å². The van der Waals surface area contributed by atoms with E-state index in [0.717, 1.165) is 15.7 Å². The Morgan fingerprint density at radius 3 is 2.75 bits per heavy atom. The molecule has 0 saturated carbocycles. The van der Waals surface area contributed by atoms with Crippen molar-refractivity contribution < 1.29 is 5.11 Å². The van der Waals surface area contributed by atoms with Gasteiger partial charge in [-0.2, -0.15) is 0 Å². The molecule has 1 aromatic carbocycles. The van der Waals surface area contributed by atoms with E-state index < -0.39 is 0 Å². The van der Waals surface area contributed by atoms with Crippen LogP contribution in [0.15, 0.2) is 41.4 Å². The van der Waals surface area contributed by atoms with Gasteiger partial charge in [0.1, 0.15) is 12.1 Å². The van der Waals surface area contributed by atoms with Gasteiger partial charge >= 0.3 is 0 Å². The molecule has 0 aliphatic carbocycles. The van der Waals surface area contributed by atoms with E-state index in [0.29, 0.717) is 6.54 Å². The molecular formula is C11H10BrN3O. The number of rotatable bonds is 3. The summed E-state index contributed by atoms with van der Waals surface area (Å²) in [5, 5.41) is 12.7. The summed E-state index contributed by atoms with van der Waals surface area (Å²) in [5.74, 6) is 0.271. The molecule has 1 heterocycles. The van der Waals surface area contributed by atoms with Crippen LogP contribution in [-0.2, 0) is 6.54 Å². The number of hydrogen-bond acceptors (Lipinski definition) is 4. The Labute approximate surface area is 102 Å². The van der Waals surface area contributed by atoms with Crippen molar-refractivity contribution in [2.45, 2.75) is 6.54 Å². The van der Waals surface area contributed by atoms with Crippen molar-refractivity contribution in [3.05, 3.63) is 47.0 Å². The molecule has 2 aromatic rings. The second kappa shape index (κ2) is 4.94. The Hall–Kier alpha value is -1.62. The van der Waals surface area contributed by atoms with Gasteiger partial charge in [0.05, 0.1) is 18.1 Å². The minimum absolute atomic E-state index is 0.271. The zero-order chi connectivity index (χ0) is 11.4. The summed E-state index contributed by atoms with van der Waals surface area (Å²) in [6, 6.07) is 5.32. The predicted molar refractivity (Wildman–Crippen MR) is 65.2 cm³/mol. The molecule has 82 valence electrons. The van der Waals surface area contributed by atoms with E-state index >= 15 is 0 Å². The maximum absolute atomic E-state index is 9.62. The van der Waals surface area contributed by atoms with Gasteiger partial charge < -0.3 is 10.4 Å². The molecule has 4 nitrogen and oxygen atoms in total. The third-order valence-corrected chi connectivity index (χ3v) is 2.58. The predicted octanol–water partition coefficient (Wildman–Crippen LogP) is 2.56. The lowest BCUT2D eigenvalue weighted by molar-refractivity contribution is 0.469. The van der Waals surface area contributed by atoms with Crippen LogP contribution in [0.2, 0.25) is 0 Å². The molecule has 0 fully saturated rings. The molecule has 0 aliphatic rings. The van der Waals surface area contributed by atoms with Crippen molar-refractivity contribution in [2.75, 3.05) is 5.32 Å². The zero-order valence-electron chi connectivity index (χ0n) is 8.39. The van der Waals surface area contributed by atoms with Gasteiger partial charge in [0.15, 0.2) is 0 Å². The van der Waals surface area contributed by atoms with Crippen LogP contribution in [0.25, 0.3) is 0 Å². The van der Waals surface area contributed by atoms with Crippen LogP contribution in [0, 0.1) is 0 Å². The van der Waals surface area contributed by atoms with Crippen molar-refractivity contribution in [1.29, 1.82) is 0 Å². The van der Waals surface area contributed by atoms with Gasteiger partial charge in [0.2, 0.25) is 0 Å². The number of anilines is 1. The molecule has 2 rings (SSSR count). The van der Waals surface area contributed by atoms with Crippen LogP contribution < -0.4 is 5.32 Å². The summed E-state index contributed by atoms with van der Waals surface area (Å²) in [7, 11) is 0. The van der Waals surface area contributed by atoms with Crippen LogP contribution in [0.4, 0.5) is 5.69 Å². The topological polar surface area (TPSA) is 58.0 Å². The Morgan fingerprint density at radius 2 is 2.00 bits per heavy atom. The number of halogens is 1. The molecule has 16 heavy (non-hydrogen) atoms. The van der Waals surface area contributed by atoms with E-state index in [4.69, 9.17) is 0 Å². The van der Waals surface area contributed by atoms with E-state index in [1.54, 1.807) is 24.5 Å². The molecule has 0 saturated heterocycles. The summed E-state index contributed by atoms with van der Waals surface area (Å²) in [6.07, 6.45) is 4.84. The number of aromatic nitrogens is 2. The first kappa shape index (κ1) is 10.9. The maximum Gasteiger partial charge on any atom is 0.120 e. The number of phenols is 1. The summed E-state index contributed by atoms with van der Waals surface area (Å²) in [6.45, 7) is 0.526. The Bertz CT molecular complexity index is 476. The average molecular weight is 280 g/mol. The second-order valence-corrected chi connectivity index (χ2v) is 4.17. The first-order valence-corrected chi connectivity index (χ1v) is 5.51. The van der Waals surface area contributed by atoms with E-state index in [-0.39, 0.29) is 5.75 Å². The van der Waals surface area contributed by atoms with Crippen LogP contribution >= 0.6 is 15.9 Å². The zero-order valence-corrected chi connectivity index (χ0v) is 9.98. The molecule has 0 aliphatic heterocycles. The SMILES string of the molecule is Oc1ccc(Br)cc1CNc1cncnc1. The summed E-state index contributed by atoms with van der Waals surface area (Å²) < 4.78 is 0.936. The molecule has 0 amide bonds. The van der Waals surface area contributed by atoms with E-state index in [1.165, 1.54) is 6.33 Å². The Balaban J connectivity index is 2.08. The first-order valence-electron chi connectivity index (χ1n) is 4.72. The lowest BCUT2D eigenvalue weighted by Crippen LogP contribution is -2.00. The highest BCUT2D eigenvalue weighted by molar-refractivity contribution is 9.10. The quantitative estimate of drug-likeness (QED) is 0.907. The molecule has 5 heteroatoms. The fourth-order valence-electron chi connectivity index (χ4n) is 1.28. The number of phenolic OH excluding ortho intramolecular Hbond substituents is 1. The molecule has 0 radical (unpaired) electrons. The minimum Gasteiger partial charge on any atom is -0.508 e. The van der Waals surface area contributed by atoms with Crippen molar-refractivity contribution in [3.8, 4) is 5.75 Å². The normalized spacial score (nSPS) is 10.1. The van der Waals surface area contributed by atoms with Crippen LogP contribution in [0.1, 0.15) is 5.56 Å². The largest absolute Gasteiger partial charge is 0.508 e. The summed E-state index contributed by atoms with van der Waals surface area (Å²) in [5.41, 5.74) is 1.64.